The molecule has 27 heavy (non-hydrogen) atoms. The van der Waals surface area contributed by atoms with E-state index in [4.69, 9.17) is 0 Å². The molecular formula is C23H22BrNO2. The van der Waals surface area contributed by atoms with Crippen LogP contribution in [-0.4, -0.2) is 22.3 Å². The molecule has 0 bridgehead atoms. The molecule has 0 fully saturated rings. The molecule has 0 radical (unpaired) electrons. The zero-order valence-corrected chi connectivity index (χ0v) is 17.6. The van der Waals surface area contributed by atoms with Gasteiger partial charge < -0.3 is 0 Å². The Bertz CT molecular complexity index is 982. The van der Waals surface area contributed by atoms with Crippen LogP contribution in [0.5, 0.6) is 0 Å². The Balaban J connectivity index is 1.82. The largest absolute Gasteiger partial charge is 0.269 e. The standard InChI is InChI=1S/C23H22BrNO2/c1-22(2,19-15-10-6-5-9-14(15)13-18(19)24)23(3,4)25-20(26)16-11-7-8-12-17(16)21(25)27/h5-12H,13H2,1-4H3. The van der Waals surface area contributed by atoms with Gasteiger partial charge in [0.05, 0.1) is 16.7 Å². The molecule has 2 amide bonds. The number of benzene rings is 2. The van der Waals surface area contributed by atoms with Gasteiger partial charge in [-0.2, -0.15) is 0 Å². The summed E-state index contributed by atoms with van der Waals surface area (Å²) in [7, 11) is 0. The summed E-state index contributed by atoms with van der Waals surface area (Å²) in [6, 6.07) is 15.4. The summed E-state index contributed by atoms with van der Waals surface area (Å²) < 4.78 is 1.12. The molecular weight excluding hydrogens is 402 g/mol. The number of allylic oxidation sites excluding steroid dienone is 1. The molecule has 1 heterocycles. The van der Waals surface area contributed by atoms with Crippen LogP contribution in [0.4, 0.5) is 0 Å². The van der Waals surface area contributed by atoms with Crippen molar-refractivity contribution in [2.75, 3.05) is 0 Å². The van der Waals surface area contributed by atoms with Crippen molar-refractivity contribution >= 4 is 33.3 Å². The van der Waals surface area contributed by atoms with Crippen LogP contribution in [0.1, 0.15) is 59.5 Å². The summed E-state index contributed by atoms with van der Waals surface area (Å²) >= 11 is 3.77. The molecule has 138 valence electrons. The average molecular weight is 424 g/mol. The van der Waals surface area contributed by atoms with E-state index < -0.39 is 11.0 Å². The highest BCUT2D eigenvalue weighted by atomic mass is 79.9. The molecule has 1 aliphatic heterocycles. The normalized spacial score (nSPS) is 16.9. The van der Waals surface area contributed by atoms with E-state index in [0.717, 1.165) is 10.9 Å². The highest BCUT2D eigenvalue weighted by molar-refractivity contribution is 9.11. The van der Waals surface area contributed by atoms with Gasteiger partial charge in [-0.05, 0) is 42.7 Å². The Morgan fingerprint density at radius 3 is 1.85 bits per heavy atom. The van der Waals surface area contributed by atoms with Crippen molar-refractivity contribution in [3.63, 3.8) is 0 Å². The highest BCUT2D eigenvalue weighted by Crippen LogP contribution is 2.53. The fourth-order valence-corrected chi connectivity index (χ4v) is 5.29. The van der Waals surface area contributed by atoms with Crippen molar-refractivity contribution in [2.45, 2.75) is 39.7 Å². The predicted molar refractivity (Wildman–Crippen MR) is 111 cm³/mol. The second kappa shape index (κ2) is 5.90. The topological polar surface area (TPSA) is 37.4 Å². The third kappa shape index (κ3) is 2.39. The van der Waals surface area contributed by atoms with Crippen LogP contribution in [0.2, 0.25) is 0 Å². The molecule has 0 saturated heterocycles. The van der Waals surface area contributed by atoms with Gasteiger partial charge in [0.25, 0.3) is 11.8 Å². The fraction of sp³-hybridized carbons (Fsp3) is 0.304. The average Bonchev–Trinajstić information content (AvgIpc) is 3.09. The summed E-state index contributed by atoms with van der Waals surface area (Å²) in [6.45, 7) is 8.22. The third-order valence-corrected chi connectivity index (χ3v) is 7.09. The van der Waals surface area contributed by atoms with Gasteiger partial charge in [-0.25, -0.2) is 0 Å². The highest BCUT2D eigenvalue weighted by Gasteiger charge is 2.53. The van der Waals surface area contributed by atoms with Crippen LogP contribution in [0, 0.1) is 5.41 Å². The second-order valence-electron chi connectivity index (χ2n) is 8.29. The SMILES string of the molecule is CC(C)(C1=C(Br)Cc2ccccc21)C(C)(C)N1C(=O)c2ccccc2C1=O. The van der Waals surface area contributed by atoms with Gasteiger partial charge >= 0.3 is 0 Å². The molecule has 4 rings (SSSR count). The number of carbonyl (C=O) groups excluding carboxylic acids is 2. The lowest BCUT2D eigenvalue weighted by Crippen LogP contribution is -2.56. The number of fused-ring (bicyclic) bond motifs is 2. The van der Waals surface area contributed by atoms with E-state index in [1.807, 2.05) is 26.0 Å². The van der Waals surface area contributed by atoms with Crippen LogP contribution in [0.15, 0.2) is 53.0 Å². The van der Waals surface area contributed by atoms with Crippen molar-refractivity contribution in [3.8, 4) is 0 Å². The molecule has 0 aromatic heterocycles. The lowest BCUT2D eigenvalue weighted by atomic mass is 9.67. The smallest absolute Gasteiger partial charge is 0.262 e. The van der Waals surface area contributed by atoms with Crippen LogP contribution < -0.4 is 0 Å². The van der Waals surface area contributed by atoms with Crippen molar-refractivity contribution in [1.82, 2.24) is 4.90 Å². The fourth-order valence-electron chi connectivity index (χ4n) is 4.28. The van der Waals surface area contributed by atoms with E-state index in [1.54, 1.807) is 24.3 Å². The van der Waals surface area contributed by atoms with Crippen LogP contribution in [0.25, 0.3) is 5.57 Å². The van der Waals surface area contributed by atoms with Crippen molar-refractivity contribution < 1.29 is 9.59 Å². The van der Waals surface area contributed by atoms with Gasteiger partial charge in [-0.1, -0.05) is 66.2 Å². The molecule has 2 aromatic carbocycles. The number of hydrogen-bond acceptors (Lipinski definition) is 2. The first kappa shape index (κ1) is 18.2. The molecule has 0 spiro atoms. The summed E-state index contributed by atoms with van der Waals surface area (Å²) in [4.78, 5) is 27.7. The molecule has 0 saturated carbocycles. The second-order valence-corrected chi connectivity index (χ2v) is 9.25. The molecule has 0 unspecified atom stereocenters. The van der Waals surface area contributed by atoms with Gasteiger partial charge in [0, 0.05) is 16.3 Å². The van der Waals surface area contributed by atoms with Gasteiger partial charge in [0.1, 0.15) is 0 Å². The summed E-state index contributed by atoms with van der Waals surface area (Å²) in [5, 5.41) is 0. The number of amides is 2. The Morgan fingerprint density at radius 2 is 1.30 bits per heavy atom. The van der Waals surface area contributed by atoms with E-state index in [9.17, 15) is 9.59 Å². The van der Waals surface area contributed by atoms with Crippen molar-refractivity contribution in [3.05, 3.63) is 75.3 Å². The minimum Gasteiger partial charge on any atom is -0.269 e. The van der Waals surface area contributed by atoms with Crippen LogP contribution in [0.3, 0.4) is 0 Å². The summed E-state index contributed by atoms with van der Waals surface area (Å²) in [6.07, 6.45) is 0.840. The molecule has 2 aromatic rings. The lowest BCUT2D eigenvalue weighted by Gasteiger charge is -2.48. The first-order valence-corrected chi connectivity index (χ1v) is 9.92. The third-order valence-electron chi connectivity index (χ3n) is 6.41. The van der Waals surface area contributed by atoms with Gasteiger partial charge in [-0.15, -0.1) is 0 Å². The number of rotatable bonds is 3. The van der Waals surface area contributed by atoms with Crippen molar-refractivity contribution in [2.24, 2.45) is 5.41 Å². The number of carbonyl (C=O) groups is 2. The minimum absolute atomic E-state index is 0.211. The summed E-state index contributed by atoms with van der Waals surface area (Å²) in [5.74, 6) is -0.423. The van der Waals surface area contributed by atoms with E-state index >= 15 is 0 Å². The Kier molecular flexibility index (Phi) is 3.97. The summed E-state index contributed by atoms with van der Waals surface area (Å²) in [5.41, 5.74) is 3.44. The molecule has 4 heteroatoms. The zero-order chi connectivity index (χ0) is 19.6. The molecule has 0 N–H and O–H groups in total. The Labute approximate surface area is 168 Å². The minimum atomic E-state index is -0.716. The predicted octanol–water partition coefficient (Wildman–Crippen LogP) is 5.45. The monoisotopic (exact) mass is 423 g/mol. The Hall–Kier alpha value is -2.20. The van der Waals surface area contributed by atoms with Crippen LogP contribution >= 0.6 is 15.9 Å². The molecule has 3 nitrogen and oxygen atoms in total. The van der Waals surface area contributed by atoms with E-state index in [-0.39, 0.29) is 11.8 Å². The maximum absolute atomic E-state index is 13.1. The van der Waals surface area contributed by atoms with Gasteiger partial charge in [0.2, 0.25) is 0 Å². The van der Waals surface area contributed by atoms with Gasteiger partial charge in [-0.3, -0.25) is 14.5 Å². The first-order chi connectivity index (χ1) is 12.7. The van der Waals surface area contributed by atoms with Crippen molar-refractivity contribution in [1.29, 1.82) is 0 Å². The lowest BCUT2D eigenvalue weighted by molar-refractivity contribution is 0.0304. The maximum Gasteiger partial charge on any atom is 0.262 e. The number of hydrogen-bond donors (Lipinski definition) is 0. The zero-order valence-electron chi connectivity index (χ0n) is 16.0. The molecule has 0 atom stereocenters. The quantitative estimate of drug-likeness (QED) is 0.615. The van der Waals surface area contributed by atoms with E-state index in [0.29, 0.717) is 11.1 Å². The number of nitrogens with zero attached hydrogens (tertiary/aromatic N) is 1. The first-order valence-electron chi connectivity index (χ1n) is 9.13. The van der Waals surface area contributed by atoms with Gasteiger partial charge in [0.15, 0.2) is 0 Å². The van der Waals surface area contributed by atoms with E-state index in [1.165, 1.54) is 21.6 Å². The number of halogens is 1. The molecule has 2 aliphatic rings. The number of imide groups is 1. The molecule has 1 aliphatic carbocycles. The Morgan fingerprint density at radius 1 is 0.815 bits per heavy atom. The van der Waals surface area contributed by atoms with Crippen LogP contribution in [-0.2, 0) is 6.42 Å². The maximum atomic E-state index is 13.1. The van der Waals surface area contributed by atoms with E-state index in [2.05, 4.69) is 41.9 Å².